The van der Waals surface area contributed by atoms with Crippen molar-refractivity contribution >= 4 is 33.0 Å². The molecule has 0 saturated heterocycles. The molecule has 0 aliphatic rings. The smallest absolute Gasteiger partial charge is 0.121 e. The molecule has 61 heavy (non-hydrogen) atoms. The third-order valence-corrected chi connectivity index (χ3v) is 10.9. The number of rotatable bonds is 7. The fourth-order valence-electron chi connectivity index (χ4n) is 7.94. The summed E-state index contributed by atoms with van der Waals surface area (Å²) in [6.07, 6.45) is 1.39. The third-order valence-electron chi connectivity index (χ3n) is 10.9. The van der Waals surface area contributed by atoms with Gasteiger partial charge in [0.05, 0.1) is 22.4 Å². The van der Waals surface area contributed by atoms with Gasteiger partial charge in [0.15, 0.2) is 0 Å². The van der Waals surface area contributed by atoms with Crippen molar-refractivity contribution in [2.75, 3.05) is 0 Å². The van der Waals surface area contributed by atoms with E-state index in [0.717, 1.165) is 44.5 Å². The summed E-state index contributed by atoms with van der Waals surface area (Å²) in [5, 5.41) is 1.32. The van der Waals surface area contributed by atoms with Crippen molar-refractivity contribution in [3.8, 4) is 50.6 Å². The normalized spacial score (nSPS) is 13.1. The van der Waals surface area contributed by atoms with Gasteiger partial charge in [0.2, 0.25) is 0 Å². The average molecular weight is 976 g/mol. The number of benzene rings is 7. The van der Waals surface area contributed by atoms with Crippen molar-refractivity contribution in [3.05, 3.63) is 198 Å². The molecule has 0 fully saturated rings. The van der Waals surface area contributed by atoms with Crippen LogP contribution >= 0.6 is 0 Å². The molecule has 3 heterocycles. The van der Waals surface area contributed by atoms with Crippen molar-refractivity contribution in [3.63, 3.8) is 0 Å². The molecule has 0 saturated carbocycles. The predicted molar refractivity (Wildman–Crippen MR) is 250 cm³/mol. The Morgan fingerprint density at radius 2 is 1.34 bits per heavy atom. The van der Waals surface area contributed by atoms with Gasteiger partial charge in [-0.05, 0) is 93.7 Å². The number of hydrogen-bond acceptors (Lipinski definition) is 3. The summed E-state index contributed by atoms with van der Waals surface area (Å²) in [7, 11) is 0. The van der Waals surface area contributed by atoms with E-state index in [9.17, 15) is 0 Å². The Kier molecular flexibility index (Phi) is 9.95. The molecular weight excluding hydrogens is 923 g/mol. The maximum absolute atomic E-state index is 8.48. The molecule has 0 N–H and O–H groups in total. The molecule has 0 aliphatic carbocycles. The Balaban J connectivity index is 0.000000303. The van der Waals surface area contributed by atoms with E-state index in [1.807, 2.05) is 78.9 Å². The quantitative estimate of drug-likeness (QED) is 0.150. The Morgan fingerprint density at radius 3 is 1.98 bits per heavy atom. The molecule has 0 spiro atoms. The molecule has 10 aromatic rings. The summed E-state index contributed by atoms with van der Waals surface area (Å²) >= 11 is 0. The van der Waals surface area contributed by atoms with Gasteiger partial charge in [-0.3, -0.25) is 4.98 Å². The zero-order valence-corrected chi connectivity index (χ0v) is 36.7. The second kappa shape index (κ2) is 17.7. The van der Waals surface area contributed by atoms with Crippen LogP contribution in [0.15, 0.2) is 168 Å². The fourth-order valence-corrected chi connectivity index (χ4v) is 7.94. The molecule has 1 radical (unpaired) electrons. The number of fused-ring (bicyclic) bond motifs is 4. The summed E-state index contributed by atoms with van der Waals surface area (Å²) in [6, 6.07) is 58.2. The molecule has 5 heteroatoms. The molecule has 7 aromatic carbocycles. The van der Waals surface area contributed by atoms with Crippen molar-refractivity contribution in [2.45, 2.75) is 53.2 Å². The van der Waals surface area contributed by atoms with Crippen LogP contribution in [-0.2, 0) is 20.1 Å². The molecule has 0 unspecified atom stereocenters. The van der Waals surface area contributed by atoms with E-state index in [-0.39, 0.29) is 43.1 Å². The molecular formula is C56H47IrN3O-2. The first-order valence-corrected chi connectivity index (χ1v) is 20.3. The molecule has 303 valence electrons. The van der Waals surface area contributed by atoms with Gasteiger partial charge in [-0.1, -0.05) is 143 Å². The van der Waals surface area contributed by atoms with Gasteiger partial charge >= 0.3 is 0 Å². The Morgan fingerprint density at radius 1 is 0.656 bits per heavy atom. The van der Waals surface area contributed by atoms with Gasteiger partial charge in [0.1, 0.15) is 5.58 Å². The van der Waals surface area contributed by atoms with E-state index in [4.69, 9.17) is 17.6 Å². The van der Waals surface area contributed by atoms with Crippen LogP contribution in [0, 0.1) is 25.8 Å². The van der Waals surface area contributed by atoms with E-state index >= 15 is 0 Å². The first-order chi connectivity index (χ1) is 31.7. The van der Waals surface area contributed by atoms with Crippen LogP contribution in [0.3, 0.4) is 0 Å². The molecule has 10 rings (SSSR count). The van der Waals surface area contributed by atoms with Gasteiger partial charge in [0.25, 0.3) is 0 Å². The summed E-state index contributed by atoms with van der Waals surface area (Å²) in [4.78, 5) is 9.37. The number of pyridine rings is 1. The van der Waals surface area contributed by atoms with Crippen LogP contribution < -0.4 is 0 Å². The molecule has 0 amide bonds. The maximum Gasteiger partial charge on any atom is 0.121 e. The third kappa shape index (κ3) is 8.12. The monoisotopic (exact) mass is 976 g/mol. The van der Waals surface area contributed by atoms with Gasteiger partial charge in [-0.15, -0.1) is 53.6 Å². The number of aromatic nitrogens is 3. The van der Waals surface area contributed by atoms with Crippen LogP contribution in [0.1, 0.15) is 70.0 Å². The van der Waals surface area contributed by atoms with Gasteiger partial charge in [-0.2, -0.15) is 0 Å². The largest absolute Gasteiger partial charge is 0.501 e. The number of hydrogen-bond donors (Lipinski definition) is 0. The van der Waals surface area contributed by atoms with Crippen molar-refractivity contribution in [1.82, 2.24) is 14.5 Å². The van der Waals surface area contributed by atoms with E-state index < -0.39 is 13.7 Å². The standard InChI is InChI=1S/C44H37N2O.C12H10N.Ir/c1-27(2)36-24-33(31-16-10-7-11-17-31)25-37(28(3)4)42(36)46-39-19-13-12-18-38(39)45-44(46)35-22-20-29(5)41-34-23-21-32(26-40(34)47-43(35)41)30-14-8-6-9-15-30;1-10-7-8-12(13-9-10)11-5-3-2-4-6-11;/h6-21,23-28H,1-5H3;2-5,7-9H,1H3;/q2*-1;/i5D3;1D3;. The molecule has 4 nitrogen and oxygen atoms in total. The minimum atomic E-state index is -2.37. The zero-order valence-electron chi connectivity index (χ0n) is 40.3. The minimum absolute atomic E-state index is 0. The van der Waals surface area contributed by atoms with Crippen molar-refractivity contribution in [2.24, 2.45) is 0 Å². The fraction of sp³-hybridized carbons (Fsp3) is 0.143. The Labute approximate surface area is 380 Å². The van der Waals surface area contributed by atoms with Crippen molar-refractivity contribution < 1.29 is 32.7 Å². The van der Waals surface area contributed by atoms with Crippen LogP contribution in [0.5, 0.6) is 0 Å². The van der Waals surface area contributed by atoms with E-state index in [0.29, 0.717) is 27.9 Å². The van der Waals surface area contributed by atoms with Crippen molar-refractivity contribution in [1.29, 1.82) is 0 Å². The van der Waals surface area contributed by atoms with E-state index in [1.54, 1.807) is 24.3 Å². The number of aryl methyl sites for hydroxylation is 2. The van der Waals surface area contributed by atoms with Crippen LogP contribution in [-0.4, -0.2) is 14.5 Å². The van der Waals surface area contributed by atoms with Gasteiger partial charge < -0.3 is 14.0 Å². The number of imidazole rings is 1. The average Bonchev–Trinajstić information content (AvgIpc) is 3.90. The number of furan rings is 1. The molecule has 3 aromatic heterocycles. The van der Waals surface area contributed by atoms with E-state index in [1.165, 1.54) is 28.5 Å². The zero-order chi connectivity index (χ0) is 46.3. The molecule has 0 atom stereocenters. The predicted octanol–water partition coefficient (Wildman–Crippen LogP) is 15.1. The van der Waals surface area contributed by atoms with Gasteiger partial charge in [-0.25, -0.2) is 0 Å². The van der Waals surface area contributed by atoms with Crippen LogP contribution in [0.4, 0.5) is 0 Å². The van der Waals surface area contributed by atoms with E-state index in [2.05, 4.69) is 104 Å². The second-order valence-corrected chi connectivity index (χ2v) is 15.6. The number of para-hydroxylation sites is 2. The second-order valence-electron chi connectivity index (χ2n) is 15.6. The summed E-state index contributed by atoms with van der Waals surface area (Å²) in [6.45, 7) is 4.47. The van der Waals surface area contributed by atoms with Crippen LogP contribution in [0.2, 0.25) is 0 Å². The SMILES string of the molecule is [2H]C([2H])([2H])c1c[c-]c(-c2nc3ccccc3n2-c2c(C(C)C)cc(-c3ccccc3)cc2C(C)C)c2oc3cc(-c4ccccc4)ccc3c12.[2H]C([2H])([2H])c1ccc(-c2[c-]cccc2)nc1.[Ir]. The first-order valence-electron chi connectivity index (χ1n) is 23.3. The Bertz CT molecular complexity index is 3290. The summed E-state index contributed by atoms with van der Waals surface area (Å²) in [5.74, 6) is 1.06. The Hall–Kier alpha value is -6.39. The number of nitrogens with zero attached hydrogens (tertiary/aromatic N) is 3. The maximum atomic E-state index is 8.48. The minimum Gasteiger partial charge on any atom is -0.501 e. The summed E-state index contributed by atoms with van der Waals surface area (Å²) in [5.41, 5.74) is 13.4. The molecule has 0 bridgehead atoms. The molecule has 0 aliphatic heterocycles. The summed E-state index contributed by atoms with van der Waals surface area (Å²) < 4.78 is 56.1. The van der Waals surface area contributed by atoms with Crippen LogP contribution in [0.25, 0.3) is 83.6 Å². The first kappa shape index (κ1) is 34.3. The topological polar surface area (TPSA) is 43.9 Å². The van der Waals surface area contributed by atoms with Gasteiger partial charge in [0, 0.05) is 45.6 Å².